The first-order valence-corrected chi connectivity index (χ1v) is 8.25. The van der Waals surface area contributed by atoms with Crippen molar-refractivity contribution in [2.24, 2.45) is 7.05 Å². The number of amides is 3. The Balaban J connectivity index is 1.56. The highest BCUT2D eigenvalue weighted by atomic mass is 32.1. The minimum absolute atomic E-state index is 0.126. The molecule has 0 saturated carbocycles. The van der Waals surface area contributed by atoms with Crippen molar-refractivity contribution >= 4 is 29.1 Å². The van der Waals surface area contributed by atoms with Crippen molar-refractivity contribution in [1.29, 1.82) is 0 Å². The van der Waals surface area contributed by atoms with Crippen molar-refractivity contribution < 1.29 is 9.59 Å². The number of hydrogen-bond acceptors (Lipinski definition) is 5. The average molecular weight is 334 g/mol. The van der Waals surface area contributed by atoms with Gasteiger partial charge in [0.15, 0.2) is 5.82 Å². The predicted octanol–water partition coefficient (Wildman–Crippen LogP) is 0.871. The van der Waals surface area contributed by atoms with Crippen molar-refractivity contribution in [3.63, 3.8) is 0 Å². The van der Waals surface area contributed by atoms with Crippen LogP contribution in [0, 0.1) is 0 Å². The van der Waals surface area contributed by atoms with E-state index in [1.807, 2.05) is 5.38 Å². The van der Waals surface area contributed by atoms with E-state index < -0.39 is 6.04 Å². The summed E-state index contributed by atoms with van der Waals surface area (Å²) in [5, 5.41) is 12.4. The Morgan fingerprint density at radius 2 is 2.39 bits per heavy atom. The number of carbonyl (C=O) groups excluding carboxylic acids is 2. The van der Waals surface area contributed by atoms with E-state index in [4.69, 9.17) is 0 Å². The van der Waals surface area contributed by atoms with Gasteiger partial charge in [0.05, 0.1) is 6.54 Å². The van der Waals surface area contributed by atoms with Gasteiger partial charge < -0.3 is 10.6 Å². The molecule has 3 rings (SSSR count). The quantitative estimate of drug-likeness (QED) is 0.868. The molecule has 1 aliphatic heterocycles. The first-order chi connectivity index (χ1) is 11.1. The molecule has 23 heavy (non-hydrogen) atoms. The van der Waals surface area contributed by atoms with Gasteiger partial charge in [0.25, 0.3) is 5.91 Å². The third-order valence-corrected chi connectivity index (χ3v) is 4.38. The lowest BCUT2D eigenvalue weighted by Gasteiger charge is -2.31. The van der Waals surface area contributed by atoms with Gasteiger partial charge in [-0.3, -0.25) is 14.4 Å². The summed E-state index contributed by atoms with van der Waals surface area (Å²) in [5.74, 6) is 0.492. The fourth-order valence-corrected chi connectivity index (χ4v) is 3.04. The molecule has 3 amide bonds. The van der Waals surface area contributed by atoms with E-state index in [2.05, 4.69) is 20.7 Å². The van der Waals surface area contributed by atoms with Gasteiger partial charge in [0, 0.05) is 37.4 Å². The number of aromatic nitrogens is 3. The third kappa shape index (κ3) is 3.67. The summed E-state index contributed by atoms with van der Waals surface area (Å²) in [6.07, 6.45) is 4.93. The second kappa shape index (κ2) is 6.78. The maximum Gasteiger partial charge on any atom is 0.315 e. The van der Waals surface area contributed by atoms with Crippen LogP contribution in [0.4, 0.5) is 10.6 Å². The highest BCUT2D eigenvalue weighted by molar-refractivity contribution is 7.09. The molecule has 122 valence electrons. The zero-order valence-electron chi connectivity index (χ0n) is 12.7. The highest BCUT2D eigenvalue weighted by Crippen LogP contribution is 2.19. The molecule has 9 heteroatoms. The van der Waals surface area contributed by atoms with Crippen LogP contribution in [0.2, 0.25) is 0 Å². The molecule has 0 aliphatic carbocycles. The van der Waals surface area contributed by atoms with Gasteiger partial charge >= 0.3 is 6.03 Å². The lowest BCUT2D eigenvalue weighted by molar-refractivity contribution is -0.121. The molecule has 2 N–H and O–H groups in total. The minimum atomic E-state index is -0.526. The molecule has 1 saturated heterocycles. The number of rotatable bonds is 4. The number of carbonyl (C=O) groups is 2. The fourth-order valence-electron chi connectivity index (χ4n) is 2.49. The monoisotopic (exact) mass is 334 g/mol. The van der Waals surface area contributed by atoms with Crippen LogP contribution in [0.25, 0.3) is 0 Å². The van der Waals surface area contributed by atoms with Crippen LogP contribution in [0.5, 0.6) is 0 Å². The Kier molecular flexibility index (Phi) is 4.56. The van der Waals surface area contributed by atoms with Crippen LogP contribution < -0.4 is 15.5 Å². The van der Waals surface area contributed by atoms with Crippen LogP contribution in [0.1, 0.15) is 17.8 Å². The number of piperidine rings is 1. The Morgan fingerprint density at radius 1 is 1.52 bits per heavy atom. The number of aryl methyl sites for hydroxylation is 1. The minimum Gasteiger partial charge on any atom is -0.332 e. The molecule has 2 aromatic rings. The fraction of sp³-hybridized carbons (Fsp3) is 0.429. The number of thiazole rings is 1. The maximum absolute atomic E-state index is 12.5. The lowest BCUT2D eigenvalue weighted by Crippen LogP contribution is -2.54. The van der Waals surface area contributed by atoms with E-state index in [0.29, 0.717) is 25.3 Å². The number of anilines is 1. The summed E-state index contributed by atoms with van der Waals surface area (Å²) < 4.78 is 1.65. The second-order valence-corrected chi connectivity index (χ2v) is 6.26. The lowest BCUT2D eigenvalue weighted by atomic mass is 10.1. The van der Waals surface area contributed by atoms with Crippen LogP contribution in [0.3, 0.4) is 0 Å². The molecule has 2 aromatic heterocycles. The molecule has 0 bridgehead atoms. The van der Waals surface area contributed by atoms with Crippen LogP contribution in [-0.4, -0.2) is 39.3 Å². The SMILES string of the molecule is Cn1ccc(N2CCC[C@@H](NC(=O)NCc3nccs3)C2=O)n1. The Morgan fingerprint density at radius 3 is 3.09 bits per heavy atom. The van der Waals surface area contributed by atoms with Crippen molar-refractivity contribution in [2.45, 2.75) is 25.4 Å². The first kappa shape index (κ1) is 15.5. The Hall–Kier alpha value is -2.42. The third-order valence-electron chi connectivity index (χ3n) is 3.60. The summed E-state index contributed by atoms with van der Waals surface area (Å²) in [6.45, 7) is 0.975. The number of urea groups is 1. The topological polar surface area (TPSA) is 92.1 Å². The molecule has 0 radical (unpaired) electrons. The van der Waals surface area contributed by atoms with Gasteiger partial charge in [-0.25, -0.2) is 9.78 Å². The Labute approximate surface area is 137 Å². The van der Waals surface area contributed by atoms with E-state index in [-0.39, 0.29) is 11.9 Å². The molecule has 3 heterocycles. The van der Waals surface area contributed by atoms with Gasteiger partial charge in [0.2, 0.25) is 0 Å². The highest BCUT2D eigenvalue weighted by Gasteiger charge is 2.31. The van der Waals surface area contributed by atoms with Crippen LogP contribution >= 0.6 is 11.3 Å². The van der Waals surface area contributed by atoms with E-state index in [1.54, 1.807) is 35.1 Å². The number of hydrogen-bond donors (Lipinski definition) is 2. The summed E-state index contributed by atoms with van der Waals surface area (Å²) >= 11 is 1.47. The molecule has 8 nitrogen and oxygen atoms in total. The van der Waals surface area contributed by atoms with Gasteiger partial charge in [-0.15, -0.1) is 11.3 Å². The molecular formula is C14H18N6O2S. The van der Waals surface area contributed by atoms with Gasteiger partial charge in [-0.05, 0) is 12.8 Å². The van der Waals surface area contributed by atoms with Gasteiger partial charge in [0.1, 0.15) is 11.0 Å². The molecular weight excluding hydrogens is 316 g/mol. The summed E-state index contributed by atoms with van der Waals surface area (Å²) in [5.41, 5.74) is 0. The molecule has 1 fully saturated rings. The van der Waals surface area contributed by atoms with E-state index in [9.17, 15) is 9.59 Å². The molecule has 1 aliphatic rings. The standard InChI is InChI=1S/C14H18N6O2S/c1-19-7-4-11(18-19)20-6-2-3-10(13(20)21)17-14(22)16-9-12-15-5-8-23-12/h4-5,7-8,10H,2-3,6,9H2,1H3,(H2,16,17,22)/t10-/m1/s1. The van der Waals surface area contributed by atoms with E-state index >= 15 is 0 Å². The van der Waals surface area contributed by atoms with E-state index in [0.717, 1.165) is 11.4 Å². The number of nitrogens with zero attached hydrogens (tertiary/aromatic N) is 4. The van der Waals surface area contributed by atoms with Gasteiger partial charge in [-0.2, -0.15) is 5.10 Å². The van der Waals surface area contributed by atoms with Crippen LogP contribution in [-0.2, 0) is 18.4 Å². The molecule has 0 aromatic carbocycles. The molecule has 0 spiro atoms. The summed E-state index contributed by atoms with van der Waals surface area (Å²) in [7, 11) is 1.81. The largest absolute Gasteiger partial charge is 0.332 e. The summed E-state index contributed by atoms with van der Waals surface area (Å²) in [4.78, 5) is 30.2. The Bertz CT molecular complexity index is 683. The zero-order chi connectivity index (χ0) is 16.2. The normalized spacial score (nSPS) is 18.0. The van der Waals surface area contributed by atoms with Gasteiger partial charge in [-0.1, -0.05) is 0 Å². The second-order valence-electron chi connectivity index (χ2n) is 5.29. The zero-order valence-corrected chi connectivity index (χ0v) is 13.5. The predicted molar refractivity (Wildman–Crippen MR) is 86.1 cm³/mol. The van der Waals surface area contributed by atoms with E-state index in [1.165, 1.54) is 11.3 Å². The summed E-state index contributed by atoms with van der Waals surface area (Å²) in [6, 6.07) is 0.909. The van der Waals surface area contributed by atoms with Crippen LogP contribution in [0.15, 0.2) is 23.8 Å². The molecule has 0 unspecified atom stereocenters. The maximum atomic E-state index is 12.5. The smallest absolute Gasteiger partial charge is 0.315 e. The van der Waals surface area contributed by atoms with Crippen molar-refractivity contribution in [2.75, 3.05) is 11.4 Å². The average Bonchev–Trinajstić information content (AvgIpc) is 3.19. The first-order valence-electron chi connectivity index (χ1n) is 7.37. The van der Waals surface area contributed by atoms with Crippen molar-refractivity contribution in [3.05, 3.63) is 28.8 Å². The van der Waals surface area contributed by atoms with Crippen molar-refractivity contribution in [3.8, 4) is 0 Å². The molecule has 1 atom stereocenters. The number of nitrogens with one attached hydrogen (secondary N) is 2. The van der Waals surface area contributed by atoms with Crippen molar-refractivity contribution in [1.82, 2.24) is 25.4 Å².